The van der Waals surface area contributed by atoms with Crippen molar-refractivity contribution in [3.63, 3.8) is 0 Å². The fourth-order valence-corrected chi connectivity index (χ4v) is 5.10. The van der Waals surface area contributed by atoms with E-state index in [2.05, 4.69) is 4.99 Å². The number of carbonyl (C=O) groups is 1. The number of hydrogen-bond acceptors (Lipinski definition) is 8. The molecule has 9 heteroatoms. The zero-order valence-corrected chi connectivity index (χ0v) is 21.6. The second-order valence-corrected chi connectivity index (χ2v) is 9.48. The van der Waals surface area contributed by atoms with Gasteiger partial charge in [-0.15, -0.1) is 0 Å². The Morgan fingerprint density at radius 3 is 2.56 bits per heavy atom. The van der Waals surface area contributed by atoms with Gasteiger partial charge in [-0.25, -0.2) is 9.79 Å². The van der Waals surface area contributed by atoms with Gasteiger partial charge in [-0.05, 0) is 69.2 Å². The van der Waals surface area contributed by atoms with Crippen molar-refractivity contribution < 1.29 is 24.1 Å². The van der Waals surface area contributed by atoms with Crippen LogP contribution in [0.2, 0.25) is 0 Å². The van der Waals surface area contributed by atoms with Crippen molar-refractivity contribution in [2.75, 3.05) is 13.7 Å². The van der Waals surface area contributed by atoms with E-state index in [1.54, 1.807) is 32.1 Å². The Morgan fingerprint density at radius 1 is 1.22 bits per heavy atom. The van der Waals surface area contributed by atoms with Gasteiger partial charge in [-0.3, -0.25) is 9.36 Å². The van der Waals surface area contributed by atoms with Crippen LogP contribution in [0.1, 0.15) is 44.9 Å². The quantitative estimate of drug-likeness (QED) is 0.492. The Kier molecular flexibility index (Phi) is 7.30. The van der Waals surface area contributed by atoms with Gasteiger partial charge in [0, 0.05) is 0 Å². The smallest absolute Gasteiger partial charge is 0.338 e. The fourth-order valence-electron chi connectivity index (χ4n) is 4.06. The standard InChI is InChI=1S/C27H28N2O6S/c1-6-34-26(32)23-16(4)28-27-29(24(23)18-8-10-19(11-9-18)35-15(2)3)25(31)22(36-27)14-17-7-12-21(33-5)20(30)13-17/h7-15,24,30H,6H2,1-5H3/b22-14-/t24-/m1/s1. The van der Waals surface area contributed by atoms with Gasteiger partial charge in [0.25, 0.3) is 5.56 Å². The number of rotatable bonds is 7. The van der Waals surface area contributed by atoms with Crippen LogP contribution in [0.15, 0.2) is 63.5 Å². The molecule has 8 nitrogen and oxygen atoms in total. The number of phenolic OH excluding ortho intramolecular Hbond substituents is 1. The largest absolute Gasteiger partial charge is 0.504 e. The number of nitrogens with zero attached hydrogens (tertiary/aromatic N) is 2. The minimum Gasteiger partial charge on any atom is -0.504 e. The molecule has 1 aliphatic heterocycles. The highest BCUT2D eigenvalue weighted by Crippen LogP contribution is 2.32. The van der Waals surface area contributed by atoms with Gasteiger partial charge in [0.15, 0.2) is 16.3 Å². The van der Waals surface area contributed by atoms with Gasteiger partial charge in [0.2, 0.25) is 0 Å². The fraction of sp³-hybridized carbons (Fsp3) is 0.296. The number of aromatic hydroxyl groups is 1. The number of fused-ring (bicyclic) bond motifs is 1. The lowest BCUT2D eigenvalue weighted by Gasteiger charge is -2.25. The van der Waals surface area contributed by atoms with Crippen molar-refractivity contribution in [2.24, 2.45) is 4.99 Å². The molecule has 0 radical (unpaired) electrons. The number of ether oxygens (including phenoxy) is 3. The molecule has 1 atom stereocenters. The first kappa shape index (κ1) is 25.2. The van der Waals surface area contributed by atoms with Crippen LogP contribution in [0.4, 0.5) is 0 Å². The van der Waals surface area contributed by atoms with Crippen LogP contribution in [0, 0.1) is 0 Å². The van der Waals surface area contributed by atoms with Crippen LogP contribution in [-0.2, 0) is 9.53 Å². The molecule has 2 heterocycles. The summed E-state index contributed by atoms with van der Waals surface area (Å²) in [6.07, 6.45) is 1.70. The zero-order chi connectivity index (χ0) is 26.0. The first-order valence-electron chi connectivity index (χ1n) is 11.6. The molecule has 36 heavy (non-hydrogen) atoms. The van der Waals surface area contributed by atoms with Crippen molar-refractivity contribution in [2.45, 2.75) is 39.8 Å². The van der Waals surface area contributed by atoms with E-state index in [9.17, 15) is 14.7 Å². The lowest BCUT2D eigenvalue weighted by Crippen LogP contribution is -2.39. The average Bonchev–Trinajstić information content (AvgIpc) is 3.13. The van der Waals surface area contributed by atoms with Gasteiger partial charge < -0.3 is 19.3 Å². The lowest BCUT2D eigenvalue weighted by molar-refractivity contribution is -0.139. The van der Waals surface area contributed by atoms with Crippen LogP contribution >= 0.6 is 11.3 Å². The molecule has 0 bridgehead atoms. The molecule has 0 spiro atoms. The van der Waals surface area contributed by atoms with E-state index < -0.39 is 12.0 Å². The molecule has 4 rings (SSSR count). The highest BCUT2D eigenvalue weighted by molar-refractivity contribution is 7.07. The summed E-state index contributed by atoms with van der Waals surface area (Å²) in [5.41, 5.74) is 1.88. The third-order valence-electron chi connectivity index (χ3n) is 5.59. The third-order valence-corrected chi connectivity index (χ3v) is 6.57. The number of thiazole rings is 1. The van der Waals surface area contributed by atoms with E-state index in [4.69, 9.17) is 14.2 Å². The molecular weight excluding hydrogens is 480 g/mol. The number of allylic oxidation sites excluding steroid dienone is 1. The van der Waals surface area contributed by atoms with Gasteiger partial charge in [0.05, 0.1) is 41.7 Å². The van der Waals surface area contributed by atoms with Crippen LogP contribution < -0.4 is 24.4 Å². The molecule has 1 aliphatic rings. The Bertz CT molecular complexity index is 1500. The summed E-state index contributed by atoms with van der Waals surface area (Å²) in [6, 6.07) is 11.5. The Labute approximate surface area is 212 Å². The number of carbonyl (C=O) groups excluding carboxylic acids is 1. The molecular formula is C27H28N2O6S. The molecule has 0 unspecified atom stereocenters. The molecule has 0 amide bonds. The normalized spacial score (nSPS) is 15.5. The zero-order valence-electron chi connectivity index (χ0n) is 20.8. The van der Waals surface area contributed by atoms with E-state index in [1.165, 1.54) is 29.1 Å². The van der Waals surface area contributed by atoms with Crippen molar-refractivity contribution >= 4 is 23.4 Å². The molecule has 0 fully saturated rings. The van der Waals surface area contributed by atoms with Crippen LogP contribution in [-0.4, -0.2) is 35.5 Å². The van der Waals surface area contributed by atoms with E-state index in [1.807, 2.05) is 38.1 Å². The van der Waals surface area contributed by atoms with E-state index in [0.717, 1.165) is 5.56 Å². The predicted molar refractivity (Wildman–Crippen MR) is 137 cm³/mol. The molecule has 0 aliphatic carbocycles. The molecule has 188 valence electrons. The van der Waals surface area contributed by atoms with E-state index >= 15 is 0 Å². The number of phenols is 1. The summed E-state index contributed by atoms with van der Waals surface area (Å²) in [5, 5.41) is 10.1. The number of hydrogen-bond donors (Lipinski definition) is 1. The number of aromatic nitrogens is 1. The van der Waals surface area contributed by atoms with Crippen molar-refractivity contribution in [3.8, 4) is 17.2 Å². The van der Waals surface area contributed by atoms with Gasteiger partial charge in [0.1, 0.15) is 5.75 Å². The molecule has 1 N–H and O–H groups in total. The number of methoxy groups -OCH3 is 1. The highest BCUT2D eigenvalue weighted by atomic mass is 32.1. The van der Waals surface area contributed by atoms with E-state index in [0.29, 0.717) is 37.7 Å². The van der Waals surface area contributed by atoms with Crippen molar-refractivity contribution in [3.05, 3.63) is 84.5 Å². The third kappa shape index (κ3) is 4.92. The highest BCUT2D eigenvalue weighted by Gasteiger charge is 2.33. The summed E-state index contributed by atoms with van der Waals surface area (Å²) < 4.78 is 18.1. The van der Waals surface area contributed by atoms with Gasteiger partial charge in [-0.2, -0.15) is 0 Å². The van der Waals surface area contributed by atoms with Crippen LogP contribution in [0.3, 0.4) is 0 Å². The molecule has 2 aromatic carbocycles. The average molecular weight is 509 g/mol. The minimum atomic E-state index is -0.708. The summed E-state index contributed by atoms with van der Waals surface area (Å²) >= 11 is 1.22. The second kappa shape index (κ2) is 10.4. The summed E-state index contributed by atoms with van der Waals surface area (Å²) in [7, 11) is 1.47. The maximum Gasteiger partial charge on any atom is 0.338 e. The SMILES string of the molecule is CCOC(=O)C1=C(C)N=c2s/c(=C\c3ccc(OC)c(O)c3)c(=O)n2[C@@H]1c1ccc(OC(C)C)cc1. The second-order valence-electron chi connectivity index (χ2n) is 8.47. The molecule has 3 aromatic rings. The maximum absolute atomic E-state index is 13.7. The van der Waals surface area contributed by atoms with Crippen LogP contribution in [0.25, 0.3) is 6.08 Å². The number of esters is 1. The summed E-state index contributed by atoms with van der Waals surface area (Å²) in [6.45, 7) is 7.57. The first-order valence-corrected chi connectivity index (χ1v) is 12.4. The van der Waals surface area contributed by atoms with Crippen LogP contribution in [0.5, 0.6) is 17.2 Å². The molecule has 0 saturated heterocycles. The Hall–Kier alpha value is -3.85. The van der Waals surface area contributed by atoms with Crippen molar-refractivity contribution in [1.29, 1.82) is 0 Å². The Morgan fingerprint density at radius 2 is 1.94 bits per heavy atom. The monoisotopic (exact) mass is 508 g/mol. The maximum atomic E-state index is 13.7. The van der Waals surface area contributed by atoms with Gasteiger partial charge in [-0.1, -0.05) is 29.5 Å². The Balaban J connectivity index is 1.88. The lowest BCUT2D eigenvalue weighted by atomic mass is 9.96. The summed E-state index contributed by atoms with van der Waals surface area (Å²) in [4.78, 5) is 31.7. The molecule has 0 saturated carbocycles. The molecule has 1 aromatic heterocycles. The number of benzene rings is 2. The van der Waals surface area contributed by atoms with Gasteiger partial charge >= 0.3 is 5.97 Å². The predicted octanol–water partition coefficient (Wildman–Crippen LogP) is 3.30. The minimum absolute atomic E-state index is 0.0168. The topological polar surface area (TPSA) is 99.4 Å². The van der Waals surface area contributed by atoms with E-state index in [-0.39, 0.29) is 24.0 Å². The van der Waals surface area contributed by atoms with Crippen molar-refractivity contribution in [1.82, 2.24) is 4.57 Å². The first-order chi connectivity index (χ1) is 17.2. The summed E-state index contributed by atoms with van der Waals surface area (Å²) in [5.74, 6) is 0.494.